The van der Waals surface area contributed by atoms with Crippen molar-refractivity contribution in [3.8, 4) is 0 Å². The van der Waals surface area contributed by atoms with E-state index in [4.69, 9.17) is 4.74 Å². The summed E-state index contributed by atoms with van der Waals surface area (Å²) in [6, 6.07) is 2.60. The van der Waals surface area contributed by atoms with Crippen molar-refractivity contribution < 1.29 is 19.1 Å². The molecule has 0 N–H and O–H groups in total. The minimum absolute atomic E-state index is 0.183. The fourth-order valence-corrected chi connectivity index (χ4v) is 2.46. The molecule has 0 fully saturated rings. The minimum Gasteiger partial charge on any atom is -0.465 e. The summed E-state index contributed by atoms with van der Waals surface area (Å²) in [6.45, 7) is 3.17. The van der Waals surface area contributed by atoms with Crippen LogP contribution in [0.5, 0.6) is 0 Å². The van der Waals surface area contributed by atoms with Gasteiger partial charge in [-0.15, -0.1) is 0 Å². The Labute approximate surface area is 116 Å². The molecule has 0 aliphatic carbocycles. The molecule has 1 aromatic rings. The zero-order valence-electron chi connectivity index (χ0n) is 11.6. The van der Waals surface area contributed by atoms with E-state index in [-0.39, 0.29) is 18.3 Å². The topological polar surface area (TPSA) is 76.6 Å². The van der Waals surface area contributed by atoms with Gasteiger partial charge in [-0.2, -0.15) is 0 Å². The van der Waals surface area contributed by atoms with E-state index >= 15 is 0 Å². The largest absolute Gasteiger partial charge is 0.465 e. The molecule has 0 saturated carbocycles. The average Bonchev–Trinajstić information content (AvgIpc) is 2.65. The molecule has 0 bridgehead atoms. The van der Waals surface area contributed by atoms with Crippen molar-refractivity contribution in [2.75, 3.05) is 13.7 Å². The summed E-state index contributed by atoms with van der Waals surface area (Å²) in [5.74, 6) is -2.25. The van der Waals surface area contributed by atoms with E-state index < -0.39 is 17.9 Å². The highest BCUT2D eigenvalue weighted by atomic mass is 16.5. The molecule has 1 aromatic heterocycles. The maximum absolute atomic E-state index is 12.1. The van der Waals surface area contributed by atoms with Gasteiger partial charge in [0.25, 0.3) is 5.91 Å². The molecule has 0 radical (unpaired) electrons. The Bertz CT molecular complexity index is 570. The molecule has 1 amide bonds. The fraction of sp³-hybridized carbons (Fsp3) is 0.429. The monoisotopic (exact) mass is 276 g/mol. The highest BCUT2D eigenvalue weighted by Crippen LogP contribution is 2.37. The number of Topliss-reactive ketones (excluding diaryl/α,β-unsaturated/α-hetero) is 1. The predicted molar refractivity (Wildman–Crippen MR) is 69.9 cm³/mol. The average molecular weight is 276 g/mol. The van der Waals surface area contributed by atoms with Crippen molar-refractivity contribution in [2.24, 2.45) is 5.92 Å². The molecular formula is C14H16N2O4. The Kier molecular flexibility index (Phi) is 3.83. The molecule has 0 aromatic carbocycles. The molecule has 20 heavy (non-hydrogen) atoms. The number of amides is 1. The zero-order chi connectivity index (χ0) is 14.9. The van der Waals surface area contributed by atoms with E-state index in [9.17, 15) is 14.4 Å². The number of fused-ring (bicyclic) bond motifs is 1. The number of ketones is 1. The number of nitrogens with zero attached hydrogens (tertiary/aromatic N) is 2. The number of pyridine rings is 1. The van der Waals surface area contributed by atoms with E-state index in [1.54, 1.807) is 32.3 Å². The van der Waals surface area contributed by atoms with Gasteiger partial charge in [-0.3, -0.25) is 19.4 Å². The first-order chi connectivity index (χ1) is 9.49. The van der Waals surface area contributed by atoms with Crippen LogP contribution in [0.25, 0.3) is 0 Å². The van der Waals surface area contributed by atoms with E-state index in [0.717, 1.165) is 0 Å². The first-order valence-electron chi connectivity index (χ1n) is 6.38. The molecule has 6 heteroatoms. The Morgan fingerprint density at radius 1 is 1.50 bits per heavy atom. The number of aromatic nitrogens is 1. The SMILES string of the molecule is CCOC(=O)C(C(C)=O)C1c2ncccc2C(=O)N1C. The quantitative estimate of drug-likeness (QED) is 0.605. The fourth-order valence-electron chi connectivity index (χ4n) is 2.46. The lowest BCUT2D eigenvalue weighted by molar-refractivity contribution is -0.153. The van der Waals surface area contributed by atoms with Gasteiger partial charge in [0.05, 0.1) is 23.9 Å². The lowest BCUT2D eigenvalue weighted by Crippen LogP contribution is -2.37. The summed E-state index contributed by atoms with van der Waals surface area (Å²) in [5.41, 5.74) is 0.879. The van der Waals surface area contributed by atoms with Crippen molar-refractivity contribution in [1.82, 2.24) is 9.88 Å². The van der Waals surface area contributed by atoms with Gasteiger partial charge in [-0.1, -0.05) is 0 Å². The molecule has 0 saturated heterocycles. The van der Waals surface area contributed by atoms with Gasteiger partial charge in [0, 0.05) is 13.2 Å². The van der Waals surface area contributed by atoms with E-state index in [0.29, 0.717) is 11.3 Å². The van der Waals surface area contributed by atoms with Gasteiger partial charge in [0.15, 0.2) is 0 Å². The van der Waals surface area contributed by atoms with Gasteiger partial charge in [-0.05, 0) is 26.0 Å². The lowest BCUT2D eigenvalue weighted by Gasteiger charge is -2.25. The van der Waals surface area contributed by atoms with Crippen molar-refractivity contribution in [1.29, 1.82) is 0 Å². The summed E-state index contributed by atoms with van der Waals surface area (Å²) in [4.78, 5) is 41.5. The molecule has 1 aliphatic rings. The van der Waals surface area contributed by atoms with Crippen molar-refractivity contribution in [3.05, 3.63) is 29.6 Å². The number of rotatable bonds is 4. The van der Waals surface area contributed by atoms with Crippen LogP contribution in [0.4, 0.5) is 0 Å². The van der Waals surface area contributed by atoms with Gasteiger partial charge >= 0.3 is 5.97 Å². The third-order valence-corrected chi connectivity index (χ3v) is 3.38. The zero-order valence-corrected chi connectivity index (χ0v) is 11.6. The Morgan fingerprint density at radius 2 is 2.20 bits per heavy atom. The second-order valence-electron chi connectivity index (χ2n) is 4.64. The molecule has 2 heterocycles. The van der Waals surface area contributed by atoms with Crippen LogP contribution in [0.2, 0.25) is 0 Å². The van der Waals surface area contributed by atoms with Crippen LogP contribution < -0.4 is 0 Å². The highest BCUT2D eigenvalue weighted by Gasteiger charge is 2.45. The molecule has 2 rings (SSSR count). The number of esters is 1. The second kappa shape index (κ2) is 5.40. The van der Waals surface area contributed by atoms with Crippen LogP contribution >= 0.6 is 0 Å². The number of ether oxygens (including phenoxy) is 1. The number of hydrogen-bond donors (Lipinski definition) is 0. The van der Waals surface area contributed by atoms with Gasteiger partial charge < -0.3 is 9.64 Å². The molecule has 0 spiro atoms. The van der Waals surface area contributed by atoms with Crippen LogP contribution in [0.15, 0.2) is 18.3 Å². The molecule has 6 nitrogen and oxygen atoms in total. The Balaban J connectivity index is 2.46. The smallest absolute Gasteiger partial charge is 0.319 e. The summed E-state index contributed by atoms with van der Waals surface area (Å²) < 4.78 is 4.95. The van der Waals surface area contributed by atoms with Crippen molar-refractivity contribution >= 4 is 17.7 Å². The number of carbonyl (C=O) groups excluding carboxylic acids is 3. The normalized spacial score (nSPS) is 18.6. The van der Waals surface area contributed by atoms with Gasteiger partial charge in [0.2, 0.25) is 0 Å². The lowest BCUT2D eigenvalue weighted by atomic mass is 9.93. The Morgan fingerprint density at radius 3 is 2.80 bits per heavy atom. The minimum atomic E-state index is -1.04. The van der Waals surface area contributed by atoms with Crippen LogP contribution in [0.3, 0.4) is 0 Å². The van der Waals surface area contributed by atoms with Crippen molar-refractivity contribution in [3.63, 3.8) is 0 Å². The maximum Gasteiger partial charge on any atom is 0.319 e. The third kappa shape index (κ3) is 2.17. The van der Waals surface area contributed by atoms with Crippen LogP contribution in [0.1, 0.15) is 35.9 Å². The summed E-state index contributed by atoms with van der Waals surface area (Å²) >= 11 is 0. The van der Waals surface area contributed by atoms with Crippen LogP contribution in [-0.2, 0) is 14.3 Å². The predicted octanol–water partition coefficient (Wildman–Crippen LogP) is 0.977. The molecular weight excluding hydrogens is 260 g/mol. The standard InChI is InChI=1S/C14H16N2O4/c1-4-20-14(19)10(8(2)17)12-11-9(6-5-7-15-11)13(18)16(12)3/h5-7,10,12H,4H2,1-3H3. The summed E-state index contributed by atoms with van der Waals surface area (Å²) in [7, 11) is 1.56. The molecule has 1 aliphatic heterocycles. The van der Waals surface area contributed by atoms with Gasteiger partial charge in [-0.25, -0.2) is 0 Å². The van der Waals surface area contributed by atoms with Gasteiger partial charge in [0.1, 0.15) is 11.7 Å². The molecule has 106 valence electrons. The first kappa shape index (κ1) is 14.2. The summed E-state index contributed by atoms with van der Waals surface area (Å²) in [5, 5.41) is 0. The first-order valence-corrected chi connectivity index (χ1v) is 6.38. The second-order valence-corrected chi connectivity index (χ2v) is 4.64. The highest BCUT2D eigenvalue weighted by molar-refractivity contribution is 6.03. The molecule has 2 atom stereocenters. The van der Waals surface area contributed by atoms with E-state index in [1.165, 1.54) is 11.8 Å². The van der Waals surface area contributed by atoms with Crippen molar-refractivity contribution in [2.45, 2.75) is 19.9 Å². The third-order valence-electron chi connectivity index (χ3n) is 3.38. The molecule has 2 unspecified atom stereocenters. The maximum atomic E-state index is 12.1. The number of carbonyl (C=O) groups is 3. The number of hydrogen-bond acceptors (Lipinski definition) is 5. The van der Waals surface area contributed by atoms with E-state index in [1.807, 2.05) is 0 Å². The summed E-state index contributed by atoms with van der Waals surface area (Å²) in [6.07, 6.45) is 1.54. The van der Waals surface area contributed by atoms with E-state index in [2.05, 4.69) is 4.98 Å². The van der Waals surface area contributed by atoms with Crippen LogP contribution in [0, 0.1) is 5.92 Å². The van der Waals surface area contributed by atoms with Crippen LogP contribution in [-0.4, -0.2) is 41.2 Å². The Hall–Kier alpha value is -2.24.